The summed E-state index contributed by atoms with van der Waals surface area (Å²) in [6.07, 6.45) is -2.63. The third kappa shape index (κ3) is 2.46. The minimum Gasteiger partial charge on any atom is -0.235 e. The highest BCUT2D eigenvalue weighted by molar-refractivity contribution is 14.1. The van der Waals surface area contributed by atoms with E-state index in [2.05, 4.69) is 4.98 Å². The predicted octanol–water partition coefficient (Wildman–Crippen LogP) is 3.10. The van der Waals surface area contributed by atoms with Crippen LogP contribution in [0.3, 0.4) is 0 Å². The fraction of sp³-hybridized carbons (Fsp3) is 0.143. The van der Waals surface area contributed by atoms with Crippen molar-refractivity contribution in [3.8, 4) is 6.07 Å². The fourth-order valence-electron chi connectivity index (χ4n) is 0.703. The van der Waals surface area contributed by atoms with Crippen LogP contribution >= 0.6 is 45.2 Å². The topological polar surface area (TPSA) is 36.7 Å². The van der Waals surface area contributed by atoms with Crippen molar-refractivity contribution in [1.82, 2.24) is 4.98 Å². The lowest BCUT2D eigenvalue weighted by molar-refractivity contribution is 0.146. The summed E-state index contributed by atoms with van der Waals surface area (Å²) in [6, 6.07) is 3.06. The van der Waals surface area contributed by atoms with Gasteiger partial charge in [-0.15, -0.1) is 0 Å². The van der Waals surface area contributed by atoms with E-state index in [1.807, 2.05) is 45.2 Å². The molecule has 0 unspecified atom stereocenters. The molecule has 0 saturated carbocycles. The van der Waals surface area contributed by atoms with Gasteiger partial charge in [-0.1, -0.05) is 0 Å². The zero-order valence-electron chi connectivity index (χ0n) is 6.06. The van der Waals surface area contributed by atoms with Gasteiger partial charge in [-0.25, -0.2) is 13.8 Å². The Morgan fingerprint density at radius 3 is 2.54 bits per heavy atom. The van der Waals surface area contributed by atoms with Crippen LogP contribution in [-0.2, 0) is 0 Å². The molecule has 68 valence electrons. The van der Waals surface area contributed by atoms with Crippen LogP contribution in [0.1, 0.15) is 17.8 Å². The monoisotopic (exact) mass is 406 g/mol. The van der Waals surface area contributed by atoms with Gasteiger partial charge < -0.3 is 0 Å². The van der Waals surface area contributed by atoms with Gasteiger partial charge in [0.1, 0.15) is 11.8 Å². The summed E-state index contributed by atoms with van der Waals surface area (Å²) < 4.78 is 25.7. The van der Waals surface area contributed by atoms with E-state index in [9.17, 15) is 8.78 Å². The third-order valence-corrected chi connectivity index (χ3v) is 4.24. The van der Waals surface area contributed by atoms with Crippen molar-refractivity contribution >= 4 is 45.2 Å². The lowest BCUT2D eigenvalue weighted by atomic mass is 10.3. The maximum atomic E-state index is 12.2. The number of nitriles is 1. The Morgan fingerprint density at radius 1 is 1.46 bits per heavy atom. The summed E-state index contributed by atoms with van der Waals surface area (Å²) in [4.78, 5) is 3.53. The number of hydrogen-bond acceptors (Lipinski definition) is 2. The molecule has 1 rings (SSSR count). The van der Waals surface area contributed by atoms with E-state index < -0.39 is 6.43 Å². The van der Waals surface area contributed by atoms with Crippen molar-refractivity contribution in [1.29, 1.82) is 5.26 Å². The Morgan fingerprint density at radius 2 is 2.08 bits per heavy atom. The molecule has 0 bridgehead atoms. The maximum Gasteiger partial charge on any atom is 0.280 e. The average molecular weight is 406 g/mol. The van der Waals surface area contributed by atoms with E-state index in [0.717, 1.165) is 0 Å². The highest BCUT2D eigenvalue weighted by Crippen LogP contribution is 2.23. The average Bonchev–Trinajstić information content (AvgIpc) is 2.09. The minimum absolute atomic E-state index is 0.0581. The zero-order valence-corrected chi connectivity index (χ0v) is 10.4. The van der Waals surface area contributed by atoms with Crippen LogP contribution in [0.4, 0.5) is 8.78 Å². The van der Waals surface area contributed by atoms with Crippen molar-refractivity contribution in [2.24, 2.45) is 0 Å². The molecule has 0 aliphatic heterocycles. The van der Waals surface area contributed by atoms with E-state index in [-0.39, 0.29) is 11.4 Å². The summed E-state index contributed by atoms with van der Waals surface area (Å²) in [5.41, 5.74) is -0.288. The number of aromatic nitrogens is 1. The number of hydrogen-bond donors (Lipinski definition) is 0. The Bertz CT molecular complexity index is 373. The van der Waals surface area contributed by atoms with Gasteiger partial charge in [0.25, 0.3) is 6.43 Å². The first-order valence-electron chi connectivity index (χ1n) is 3.10. The molecule has 1 aromatic rings. The molecule has 0 saturated heterocycles. The molecule has 0 atom stereocenters. The first-order valence-corrected chi connectivity index (χ1v) is 5.26. The van der Waals surface area contributed by atoms with Crippen LogP contribution in [0.5, 0.6) is 0 Å². The largest absolute Gasteiger partial charge is 0.280 e. The molecule has 0 aliphatic rings. The van der Waals surface area contributed by atoms with Crippen LogP contribution in [0.25, 0.3) is 0 Å². The quantitative estimate of drug-likeness (QED) is 0.673. The van der Waals surface area contributed by atoms with Gasteiger partial charge in [-0.2, -0.15) is 5.26 Å². The molecule has 0 amide bonds. The second kappa shape index (κ2) is 4.45. The van der Waals surface area contributed by atoms with Gasteiger partial charge in [-0.3, -0.25) is 0 Å². The van der Waals surface area contributed by atoms with Gasteiger partial charge in [-0.05, 0) is 51.2 Å². The Labute approximate surface area is 101 Å². The number of nitrogens with zero attached hydrogens (tertiary/aromatic N) is 2. The summed E-state index contributed by atoms with van der Waals surface area (Å²) in [6.45, 7) is 0. The summed E-state index contributed by atoms with van der Waals surface area (Å²) in [5.74, 6) is 0. The molecule has 0 radical (unpaired) electrons. The Kier molecular flexibility index (Phi) is 3.78. The molecule has 0 spiro atoms. The lowest BCUT2D eigenvalue weighted by Crippen LogP contribution is -1.98. The SMILES string of the molecule is N#Cc1nc(C(F)F)cc(I)c1I. The molecule has 0 aliphatic carbocycles. The zero-order chi connectivity index (χ0) is 10.0. The lowest BCUT2D eigenvalue weighted by Gasteiger charge is -2.02. The first kappa shape index (κ1) is 11.0. The second-order valence-electron chi connectivity index (χ2n) is 2.10. The molecule has 1 heterocycles. The fourth-order valence-corrected chi connectivity index (χ4v) is 1.67. The molecular formula is C7H2F2I2N2. The Balaban J connectivity index is 3.32. The van der Waals surface area contributed by atoms with E-state index in [1.54, 1.807) is 6.07 Å². The van der Waals surface area contributed by atoms with Gasteiger partial charge >= 0.3 is 0 Å². The molecule has 6 heteroatoms. The molecule has 0 N–H and O–H groups in total. The van der Waals surface area contributed by atoms with E-state index in [4.69, 9.17) is 5.26 Å². The maximum absolute atomic E-state index is 12.2. The summed E-state index contributed by atoms with van der Waals surface area (Å²) >= 11 is 3.81. The number of pyridine rings is 1. The van der Waals surface area contributed by atoms with Crippen molar-refractivity contribution < 1.29 is 8.78 Å². The highest BCUT2D eigenvalue weighted by atomic mass is 127. The number of rotatable bonds is 1. The van der Waals surface area contributed by atoms with Crippen LogP contribution in [-0.4, -0.2) is 4.98 Å². The van der Waals surface area contributed by atoms with Crippen LogP contribution in [0.2, 0.25) is 0 Å². The number of halogens is 4. The highest BCUT2D eigenvalue weighted by Gasteiger charge is 2.14. The molecule has 1 aromatic heterocycles. The van der Waals surface area contributed by atoms with Crippen LogP contribution in [0, 0.1) is 18.5 Å². The van der Waals surface area contributed by atoms with Crippen molar-refractivity contribution in [3.63, 3.8) is 0 Å². The molecule has 0 fully saturated rings. The predicted molar refractivity (Wildman–Crippen MR) is 59.3 cm³/mol. The van der Waals surface area contributed by atoms with E-state index in [0.29, 0.717) is 7.14 Å². The van der Waals surface area contributed by atoms with E-state index >= 15 is 0 Å². The smallest absolute Gasteiger partial charge is 0.235 e. The van der Waals surface area contributed by atoms with Gasteiger partial charge in [0.05, 0.1) is 3.57 Å². The first-order chi connectivity index (χ1) is 6.06. The summed E-state index contributed by atoms with van der Waals surface area (Å²) in [7, 11) is 0. The third-order valence-electron chi connectivity index (χ3n) is 1.26. The normalized spacial score (nSPS) is 10.2. The Hall–Kier alpha value is -0.0400. The van der Waals surface area contributed by atoms with Gasteiger partial charge in [0, 0.05) is 3.57 Å². The molecule has 2 nitrogen and oxygen atoms in total. The molecule has 13 heavy (non-hydrogen) atoms. The van der Waals surface area contributed by atoms with Crippen LogP contribution < -0.4 is 0 Å². The standard InChI is InChI=1S/C7H2F2I2N2/c8-7(9)4-1-3(10)6(11)5(2-12)13-4/h1,7H. The summed E-state index contributed by atoms with van der Waals surface area (Å²) in [5, 5.41) is 8.58. The minimum atomic E-state index is -2.63. The molecular weight excluding hydrogens is 404 g/mol. The second-order valence-corrected chi connectivity index (χ2v) is 4.34. The van der Waals surface area contributed by atoms with Crippen molar-refractivity contribution in [3.05, 3.63) is 24.6 Å². The molecule has 0 aromatic carbocycles. The van der Waals surface area contributed by atoms with Crippen LogP contribution in [0.15, 0.2) is 6.07 Å². The van der Waals surface area contributed by atoms with Gasteiger partial charge in [0.15, 0.2) is 5.69 Å². The number of alkyl halides is 2. The van der Waals surface area contributed by atoms with E-state index in [1.165, 1.54) is 6.07 Å². The van der Waals surface area contributed by atoms with Gasteiger partial charge in [0.2, 0.25) is 0 Å². The van der Waals surface area contributed by atoms with Crippen molar-refractivity contribution in [2.45, 2.75) is 6.43 Å². The van der Waals surface area contributed by atoms with Crippen molar-refractivity contribution in [2.75, 3.05) is 0 Å².